The molecule has 0 radical (unpaired) electrons. The van der Waals surface area contributed by atoms with Crippen LogP contribution in [0.15, 0.2) is 36.4 Å². The molecule has 0 aliphatic heterocycles. The second-order valence-electron chi connectivity index (χ2n) is 4.04. The number of hydrogen-bond acceptors (Lipinski definition) is 0. The highest BCUT2D eigenvalue weighted by Crippen LogP contribution is 2.33. The largest absolute Gasteiger partial charge is 0.207 e. The van der Waals surface area contributed by atoms with Gasteiger partial charge in [0.1, 0.15) is 17.5 Å². The molecule has 0 spiro atoms. The lowest BCUT2D eigenvalue weighted by molar-refractivity contribution is 0.554. The molecule has 0 N–H and O–H groups in total. The Morgan fingerprint density at radius 2 is 1.68 bits per heavy atom. The van der Waals surface area contributed by atoms with Crippen LogP contribution >= 0.6 is 27.5 Å². The van der Waals surface area contributed by atoms with Gasteiger partial charge in [-0.3, -0.25) is 0 Å². The van der Waals surface area contributed by atoms with Crippen molar-refractivity contribution in [3.8, 4) is 0 Å². The van der Waals surface area contributed by atoms with Crippen molar-refractivity contribution in [3.05, 3.63) is 70.0 Å². The summed E-state index contributed by atoms with van der Waals surface area (Å²) < 4.78 is 40.0. The maximum atomic E-state index is 13.5. The van der Waals surface area contributed by atoms with Gasteiger partial charge in [-0.2, -0.15) is 0 Å². The maximum absolute atomic E-state index is 13.5. The summed E-state index contributed by atoms with van der Waals surface area (Å²) in [4.78, 5) is -0.396. The van der Waals surface area contributed by atoms with Crippen LogP contribution in [0.4, 0.5) is 13.2 Å². The van der Waals surface area contributed by atoms with Crippen molar-refractivity contribution in [1.82, 2.24) is 0 Å². The Kier molecular flexibility index (Phi) is 4.53. The van der Waals surface area contributed by atoms with Crippen LogP contribution in [-0.4, -0.2) is 0 Å². The highest BCUT2D eigenvalue weighted by Gasteiger charge is 2.17. The summed E-state index contributed by atoms with van der Waals surface area (Å²) in [5, 5.41) is 0.221. The first kappa shape index (κ1) is 14.4. The zero-order valence-corrected chi connectivity index (χ0v) is 12.0. The van der Waals surface area contributed by atoms with Crippen LogP contribution in [0, 0.1) is 17.5 Å². The van der Waals surface area contributed by atoms with Crippen molar-refractivity contribution in [2.75, 3.05) is 0 Å². The van der Waals surface area contributed by atoms with Crippen LogP contribution in [0.5, 0.6) is 0 Å². The summed E-state index contributed by atoms with van der Waals surface area (Å²) in [6.07, 6.45) is 0.0872. The first-order valence-corrected chi connectivity index (χ1v) is 6.80. The second-order valence-corrected chi connectivity index (χ2v) is 5.55. The average Bonchev–Trinajstić information content (AvgIpc) is 2.33. The number of hydrogen-bond donors (Lipinski definition) is 0. The average molecular weight is 350 g/mol. The Bertz CT molecular complexity index is 581. The molecule has 1 unspecified atom stereocenters. The van der Waals surface area contributed by atoms with Crippen LogP contribution in [0.3, 0.4) is 0 Å². The number of benzene rings is 2. The van der Waals surface area contributed by atoms with Crippen molar-refractivity contribution >= 4 is 27.5 Å². The van der Waals surface area contributed by atoms with E-state index in [4.69, 9.17) is 11.6 Å². The molecule has 2 aromatic carbocycles. The third-order valence-electron chi connectivity index (χ3n) is 2.74. The first-order valence-electron chi connectivity index (χ1n) is 5.51. The van der Waals surface area contributed by atoms with E-state index in [0.717, 1.165) is 0 Å². The van der Waals surface area contributed by atoms with E-state index in [9.17, 15) is 13.2 Å². The molecule has 0 saturated carbocycles. The van der Waals surface area contributed by atoms with Crippen LogP contribution in [0.2, 0.25) is 5.02 Å². The van der Waals surface area contributed by atoms with E-state index in [2.05, 4.69) is 15.9 Å². The lowest BCUT2D eigenvalue weighted by Crippen LogP contribution is -2.02. The Morgan fingerprint density at radius 1 is 1.05 bits per heavy atom. The third-order valence-corrected chi connectivity index (χ3v) is 3.89. The van der Waals surface area contributed by atoms with Crippen molar-refractivity contribution in [2.45, 2.75) is 11.2 Å². The highest BCUT2D eigenvalue weighted by molar-refractivity contribution is 9.09. The summed E-state index contributed by atoms with van der Waals surface area (Å²) in [6.45, 7) is 0. The predicted octanol–water partition coefficient (Wildman–Crippen LogP) is 5.44. The smallest absolute Gasteiger partial charge is 0.129 e. The molecule has 2 rings (SSSR count). The monoisotopic (exact) mass is 348 g/mol. The molecule has 0 saturated heterocycles. The van der Waals surface area contributed by atoms with Crippen LogP contribution in [0.1, 0.15) is 16.0 Å². The molecule has 0 aromatic heterocycles. The summed E-state index contributed by atoms with van der Waals surface area (Å²) >= 11 is 9.24. The molecule has 0 fully saturated rings. The summed E-state index contributed by atoms with van der Waals surface area (Å²) in [5.41, 5.74) is 0.565. The molecule has 0 amide bonds. The minimum atomic E-state index is -0.609. The van der Waals surface area contributed by atoms with Gasteiger partial charge in [0.05, 0.1) is 0 Å². The summed E-state index contributed by atoms with van der Waals surface area (Å²) in [6, 6.07) is 7.63. The summed E-state index contributed by atoms with van der Waals surface area (Å²) in [7, 11) is 0. The van der Waals surface area contributed by atoms with Gasteiger partial charge in [-0.15, -0.1) is 0 Å². The maximum Gasteiger partial charge on any atom is 0.129 e. The Balaban J connectivity index is 2.28. The fraction of sp³-hybridized carbons (Fsp3) is 0.143. The number of alkyl halides is 1. The van der Waals surface area contributed by atoms with E-state index in [1.807, 2.05) is 0 Å². The van der Waals surface area contributed by atoms with Crippen LogP contribution in [-0.2, 0) is 6.42 Å². The third kappa shape index (κ3) is 3.31. The van der Waals surface area contributed by atoms with Crippen molar-refractivity contribution in [2.24, 2.45) is 0 Å². The molecule has 5 heteroatoms. The first-order chi connectivity index (χ1) is 8.99. The molecular formula is C14H9BrClF3. The highest BCUT2D eigenvalue weighted by atomic mass is 79.9. The van der Waals surface area contributed by atoms with Gasteiger partial charge in [0.2, 0.25) is 0 Å². The molecule has 0 bridgehead atoms. The van der Waals surface area contributed by atoms with E-state index in [1.165, 1.54) is 36.4 Å². The molecule has 1 atom stereocenters. The minimum Gasteiger partial charge on any atom is -0.207 e. The van der Waals surface area contributed by atoms with E-state index in [1.54, 1.807) is 0 Å². The van der Waals surface area contributed by atoms with Gasteiger partial charge in [-0.1, -0.05) is 39.7 Å². The molecular weight excluding hydrogens is 341 g/mol. The van der Waals surface area contributed by atoms with Crippen LogP contribution < -0.4 is 0 Å². The van der Waals surface area contributed by atoms with Gasteiger partial charge < -0.3 is 0 Å². The van der Waals surface area contributed by atoms with E-state index >= 15 is 0 Å². The van der Waals surface area contributed by atoms with Gasteiger partial charge in [0, 0.05) is 15.4 Å². The quantitative estimate of drug-likeness (QED) is 0.648. The minimum absolute atomic E-state index is 0.0234. The van der Waals surface area contributed by atoms with Crippen molar-refractivity contribution in [1.29, 1.82) is 0 Å². The van der Waals surface area contributed by atoms with Crippen molar-refractivity contribution < 1.29 is 13.2 Å². The second kappa shape index (κ2) is 5.97. The van der Waals surface area contributed by atoms with Crippen LogP contribution in [0.25, 0.3) is 0 Å². The lowest BCUT2D eigenvalue weighted by atomic mass is 10.0. The van der Waals surface area contributed by atoms with E-state index in [0.29, 0.717) is 5.56 Å². The van der Waals surface area contributed by atoms with Gasteiger partial charge in [0.25, 0.3) is 0 Å². The molecule has 0 aliphatic carbocycles. The topological polar surface area (TPSA) is 0 Å². The SMILES string of the molecule is Fc1ccc(C(Br)Cc2c(F)cccc2F)c(Cl)c1. The summed E-state index contributed by atoms with van der Waals surface area (Å²) in [5.74, 6) is -1.67. The van der Waals surface area contributed by atoms with Gasteiger partial charge in [-0.25, -0.2) is 13.2 Å². The molecule has 0 heterocycles. The molecule has 19 heavy (non-hydrogen) atoms. The molecule has 0 aliphatic rings. The Labute approximate surface area is 122 Å². The van der Waals surface area contributed by atoms with Gasteiger partial charge in [-0.05, 0) is 36.2 Å². The van der Waals surface area contributed by atoms with E-state index < -0.39 is 22.3 Å². The molecule has 2 aromatic rings. The normalized spacial score (nSPS) is 12.5. The van der Waals surface area contributed by atoms with Gasteiger partial charge in [0.15, 0.2) is 0 Å². The van der Waals surface area contributed by atoms with E-state index in [-0.39, 0.29) is 17.0 Å². The predicted molar refractivity (Wildman–Crippen MR) is 73.1 cm³/mol. The van der Waals surface area contributed by atoms with Crippen molar-refractivity contribution in [3.63, 3.8) is 0 Å². The fourth-order valence-corrected chi connectivity index (χ4v) is 2.93. The fourth-order valence-electron chi connectivity index (χ4n) is 1.77. The number of rotatable bonds is 3. The lowest BCUT2D eigenvalue weighted by Gasteiger charge is -2.13. The standard InChI is InChI=1S/C14H9BrClF3/c15-11(9-5-4-8(17)6-12(9)16)7-10-13(18)2-1-3-14(10)19/h1-6,11H,7H2. The van der Waals surface area contributed by atoms with Gasteiger partial charge >= 0.3 is 0 Å². The Morgan fingerprint density at radius 3 is 2.26 bits per heavy atom. The number of halogens is 5. The molecule has 100 valence electrons. The zero-order chi connectivity index (χ0) is 14.0. The molecule has 0 nitrogen and oxygen atoms in total. The zero-order valence-electron chi connectivity index (χ0n) is 9.64. The Hall–Kier alpha value is -1.00.